The molecule has 0 bridgehead atoms. The van der Waals surface area contributed by atoms with Gasteiger partial charge in [-0.15, -0.1) is 0 Å². The van der Waals surface area contributed by atoms with Crippen LogP contribution in [0.4, 0.5) is 10.1 Å². The Morgan fingerprint density at radius 2 is 1.71 bits per heavy atom. The van der Waals surface area contributed by atoms with Crippen LogP contribution >= 0.6 is 15.9 Å². The molecule has 4 aromatic rings. The van der Waals surface area contributed by atoms with E-state index in [1.165, 1.54) is 12.1 Å². The van der Waals surface area contributed by atoms with Crippen molar-refractivity contribution in [2.24, 2.45) is 0 Å². The zero-order chi connectivity index (χ0) is 19.7. The fourth-order valence-corrected chi connectivity index (χ4v) is 3.59. The van der Waals surface area contributed by atoms with Gasteiger partial charge < -0.3 is 5.32 Å². The minimum absolute atomic E-state index is 0.134. The number of rotatable bonds is 3. The molecule has 0 atom stereocenters. The third-order valence-electron chi connectivity index (χ3n) is 4.59. The van der Waals surface area contributed by atoms with E-state index in [-0.39, 0.29) is 11.6 Å². The van der Waals surface area contributed by atoms with Gasteiger partial charge in [0.2, 0.25) is 0 Å². The average molecular weight is 435 g/mol. The molecule has 0 radical (unpaired) electrons. The Labute approximate surface area is 170 Å². The number of carbonyl (C=O) groups excluding carboxylic acids is 1. The number of aromatic nitrogens is 1. The van der Waals surface area contributed by atoms with Crippen molar-refractivity contribution in [2.75, 3.05) is 5.32 Å². The zero-order valence-corrected chi connectivity index (χ0v) is 16.6. The van der Waals surface area contributed by atoms with Gasteiger partial charge in [-0.1, -0.05) is 64.5 Å². The molecule has 28 heavy (non-hydrogen) atoms. The molecule has 1 aromatic heterocycles. The summed E-state index contributed by atoms with van der Waals surface area (Å²) in [5.41, 5.74) is 3.75. The molecule has 3 aromatic carbocycles. The fraction of sp³-hybridized carbons (Fsp3) is 0.0435. The van der Waals surface area contributed by atoms with E-state index in [1.807, 2.05) is 61.5 Å². The number of para-hydroxylation sites is 1. The van der Waals surface area contributed by atoms with Crippen LogP contribution in [0.2, 0.25) is 0 Å². The van der Waals surface area contributed by atoms with Crippen LogP contribution in [-0.4, -0.2) is 10.9 Å². The van der Waals surface area contributed by atoms with Gasteiger partial charge >= 0.3 is 0 Å². The van der Waals surface area contributed by atoms with E-state index in [0.29, 0.717) is 15.6 Å². The summed E-state index contributed by atoms with van der Waals surface area (Å²) in [7, 11) is 0. The molecule has 0 fully saturated rings. The average Bonchev–Trinajstić information content (AvgIpc) is 2.70. The maximum atomic E-state index is 14.2. The predicted octanol–water partition coefficient (Wildman–Crippen LogP) is 6.36. The number of fused-ring (bicyclic) bond motifs is 1. The third kappa shape index (κ3) is 3.41. The summed E-state index contributed by atoms with van der Waals surface area (Å²) in [6.45, 7) is 1.87. The van der Waals surface area contributed by atoms with Crippen LogP contribution in [0.25, 0.3) is 22.2 Å². The van der Waals surface area contributed by atoms with Crippen LogP contribution in [0.1, 0.15) is 15.9 Å². The molecule has 138 valence electrons. The van der Waals surface area contributed by atoms with Crippen molar-refractivity contribution < 1.29 is 9.18 Å². The van der Waals surface area contributed by atoms with Crippen molar-refractivity contribution in [3.05, 3.63) is 94.2 Å². The van der Waals surface area contributed by atoms with Gasteiger partial charge in [0, 0.05) is 15.4 Å². The smallest absolute Gasteiger partial charge is 0.256 e. The number of carbonyl (C=O) groups is 1. The molecule has 0 aliphatic heterocycles. The maximum Gasteiger partial charge on any atom is 0.256 e. The van der Waals surface area contributed by atoms with E-state index in [0.717, 1.165) is 22.2 Å². The van der Waals surface area contributed by atoms with Gasteiger partial charge in [-0.05, 0) is 36.8 Å². The van der Waals surface area contributed by atoms with Gasteiger partial charge in [-0.25, -0.2) is 9.37 Å². The van der Waals surface area contributed by atoms with Gasteiger partial charge in [0.25, 0.3) is 5.91 Å². The van der Waals surface area contributed by atoms with Crippen LogP contribution in [0, 0.1) is 12.7 Å². The van der Waals surface area contributed by atoms with Crippen molar-refractivity contribution in [3.63, 3.8) is 0 Å². The summed E-state index contributed by atoms with van der Waals surface area (Å²) in [4.78, 5) is 17.9. The van der Waals surface area contributed by atoms with Gasteiger partial charge in [0.1, 0.15) is 5.82 Å². The van der Waals surface area contributed by atoms with Crippen molar-refractivity contribution >= 4 is 38.4 Å². The number of pyridine rings is 1. The fourth-order valence-electron chi connectivity index (χ4n) is 3.25. The van der Waals surface area contributed by atoms with Crippen molar-refractivity contribution in [1.29, 1.82) is 0 Å². The Hall–Kier alpha value is -3.05. The largest absolute Gasteiger partial charge is 0.319 e. The lowest BCUT2D eigenvalue weighted by Gasteiger charge is -2.15. The predicted molar refractivity (Wildman–Crippen MR) is 114 cm³/mol. The molecule has 0 spiro atoms. The summed E-state index contributed by atoms with van der Waals surface area (Å²) in [6.07, 6.45) is 0. The first-order valence-electron chi connectivity index (χ1n) is 8.76. The summed E-state index contributed by atoms with van der Waals surface area (Å²) in [5, 5.41) is 3.43. The zero-order valence-electron chi connectivity index (χ0n) is 15.0. The Balaban J connectivity index is 1.87. The lowest BCUT2D eigenvalue weighted by molar-refractivity contribution is 0.102. The van der Waals surface area contributed by atoms with Crippen LogP contribution in [-0.2, 0) is 0 Å². The summed E-state index contributed by atoms with van der Waals surface area (Å²) < 4.78 is 14.8. The Bertz CT molecular complexity index is 1190. The van der Waals surface area contributed by atoms with E-state index in [9.17, 15) is 9.18 Å². The number of nitrogens with zero attached hydrogens (tertiary/aromatic N) is 1. The standard InChI is InChI=1S/C23H16BrFN2O/c1-14-21(23(28)27-20-12-11-16(24)13-18(20)25)17-9-5-6-10-19(17)26-22(14)15-7-3-2-4-8-15/h2-13H,1H3,(H,27,28). The number of hydrogen-bond donors (Lipinski definition) is 1. The first kappa shape index (κ1) is 18.3. The number of halogens is 2. The van der Waals surface area contributed by atoms with Crippen molar-refractivity contribution in [3.8, 4) is 11.3 Å². The van der Waals surface area contributed by atoms with Gasteiger partial charge in [-0.3, -0.25) is 4.79 Å². The molecule has 1 N–H and O–H groups in total. The van der Waals surface area contributed by atoms with Crippen LogP contribution in [0.3, 0.4) is 0 Å². The minimum atomic E-state index is -0.498. The first-order chi connectivity index (χ1) is 13.5. The molecule has 1 amide bonds. The van der Waals surface area contributed by atoms with E-state index >= 15 is 0 Å². The van der Waals surface area contributed by atoms with E-state index in [4.69, 9.17) is 4.98 Å². The molecule has 0 aliphatic carbocycles. The molecular weight excluding hydrogens is 419 g/mol. The molecular formula is C23H16BrFN2O. The highest BCUT2D eigenvalue weighted by Gasteiger charge is 2.19. The molecule has 0 unspecified atom stereocenters. The highest BCUT2D eigenvalue weighted by Crippen LogP contribution is 2.30. The van der Waals surface area contributed by atoms with E-state index in [1.54, 1.807) is 6.07 Å². The highest BCUT2D eigenvalue weighted by atomic mass is 79.9. The lowest BCUT2D eigenvalue weighted by atomic mass is 9.97. The molecule has 0 saturated heterocycles. The number of hydrogen-bond acceptors (Lipinski definition) is 2. The van der Waals surface area contributed by atoms with Crippen LogP contribution in [0.15, 0.2) is 77.3 Å². The number of anilines is 1. The second kappa shape index (κ2) is 7.52. The topological polar surface area (TPSA) is 42.0 Å². The molecule has 5 heteroatoms. The Morgan fingerprint density at radius 3 is 2.46 bits per heavy atom. The first-order valence-corrected chi connectivity index (χ1v) is 9.55. The van der Waals surface area contributed by atoms with E-state index < -0.39 is 5.82 Å². The monoisotopic (exact) mass is 434 g/mol. The van der Waals surface area contributed by atoms with Crippen molar-refractivity contribution in [1.82, 2.24) is 4.98 Å². The summed E-state index contributed by atoms with van der Waals surface area (Å²) >= 11 is 3.23. The normalized spacial score (nSPS) is 10.8. The second-order valence-corrected chi connectivity index (χ2v) is 7.34. The third-order valence-corrected chi connectivity index (χ3v) is 5.08. The quantitative estimate of drug-likeness (QED) is 0.407. The van der Waals surface area contributed by atoms with Gasteiger partial charge in [0.15, 0.2) is 0 Å². The molecule has 3 nitrogen and oxygen atoms in total. The maximum absolute atomic E-state index is 14.2. The molecule has 0 saturated carbocycles. The molecule has 1 heterocycles. The summed E-state index contributed by atoms with van der Waals surface area (Å²) in [6, 6.07) is 21.7. The lowest BCUT2D eigenvalue weighted by Crippen LogP contribution is -2.16. The number of nitrogens with one attached hydrogen (secondary N) is 1. The Morgan fingerprint density at radius 1 is 1.00 bits per heavy atom. The van der Waals surface area contributed by atoms with Crippen LogP contribution < -0.4 is 5.32 Å². The van der Waals surface area contributed by atoms with E-state index in [2.05, 4.69) is 21.2 Å². The van der Waals surface area contributed by atoms with Gasteiger partial charge in [-0.2, -0.15) is 0 Å². The second-order valence-electron chi connectivity index (χ2n) is 6.42. The molecule has 0 aliphatic rings. The highest BCUT2D eigenvalue weighted by molar-refractivity contribution is 9.10. The number of amides is 1. The Kier molecular flexibility index (Phi) is 4.92. The molecule has 4 rings (SSSR count). The number of benzene rings is 3. The summed E-state index contributed by atoms with van der Waals surface area (Å²) in [5.74, 6) is -0.864. The SMILES string of the molecule is Cc1c(-c2ccccc2)nc2ccccc2c1C(=O)Nc1ccc(Br)cc1F. The van der Waals surface area contributed by atoms with Crippen LogP contribution in [0.5, 0.6) is 0 Å². The minimum Gasteiger partial charge on any atom is -0.319 e. The van der Waals surface area contributed by atoms with Gasteiger partial charge in [0.05, 0.1) is 22.5 Å². The van der Waals surface area contributed by atoms with Crippen molar-refractivity contribution in [2.45, 2.75) is 6.92 Å².